The highest BCUT2D eigenvalue weighted by atomic mass is 16.5. The van der Waals surface area contributed by atoms with Crippen LogP contribution in [0, 0.1) is 17.8 Å². The third-order valence-electron chi connectivity index (χ3n) is 8.92. The fourth-order valence-corrected chi connectivity index (χ4v) is 6.20. The summed E-state index contributed by atoms with van der Waals surface area (Å²) in [5.74, 6) is -2.24. The van der Waals surface area contributed by atoms with E-state index in [0.29, 0.717) is 57.4 Å². The number of rotatable bonds is 5. The number of piperidine rings is 2. The molecule has 3 aliphatic heterocycles. The Hall–Kier alpha value is -2.81. The Kier molecular flexibility index (Phi) is 13.9. The molecule has 3 heterocycles. The number of nitrogens with zero attached hydrogens (tertiary/aromatic N) is 1. The lowest BCUT2D eigenvalue weighted by Gasteiger charge is -2.35. The maximum absolute atomic E-state index is 13.6. The van der Waals surface area contributed by atoms with Gasteiger partial charge in [-0.05, 0) is 89.6 Å². The van der Waals surface area contributed by atoms with Crippen molar-refractivity contribution in [3.8, 4) is 0 Å². The van der Waals surface area contributed by atoms with Gasteiger partial charge in [0.15, 0.2) is 0 Å². The zero-order valence-corrected chi connectivity index (χ0v) is 25.6. The van der Waals surface area contributed by atoms with Crippen molar-refractivity contribution in [3.63, 3.8) is 0 Å². The van der Waals surface area contributed by atoms with Gasteiger partial charge in [-0.1, -0.05) is 24.6 Å². The molecule has 3 aliphatic rings. The van der Waals surface area contributed by atoms with Crippen LogP contribution in [0.1, 0.15) is 97.3 Å². The topological polar surface area (TPSA) is 119 Å². The summed E-state index contributed by atoms with van der Waals surface area (Å²) in [5.41, 5.74) is 0.931. The van der Waals surface area contributed by atoms with Gasteiger partial charge in [0.25, 0.3) is 5.91 Å². The van der Waals surface area contributed by atoms with Crippen LogP contribution in [0.15, 0.2) is 24.3 Å². The van der Waals surface area contributed by atoms with Crippen molar-refractivity contribution in [2.45, 2.75) is 109 Å². The van der Waals surface area contributed by atoms with Crippen molar-refractivity contribution in [3.05, 3.63) is 24.3 Å². The van der Waals surface area contributed by atoms with Crippen LogP contribution in [0.4, 0.5) is 0 Å². The van der Waals surface area contributed by atoms with Gasteiger partial charge < -0.3 is 19.7 Å². The van der Waals surface area contributed by atoms with Crippen LogP contribution in [-0.2, 0) is 33.4 Å². The Morgan fingerprint density at radius 2 is 1.81 bits per heavy atom. The van der Waals surface area contributed by atoms with Crippen LogP contribution >= 0.6 is 0 Å². The van der Waals surface area contributed by atoms with Crippen LogP contribution < -0.4 is 5.32 Å². The predicted molar refractivity (Wildman–Crippen MR) is 159 cm³/mol. The number of carbonyl (C=O) groups excluding carboxylic acids is 5. The van der Waals surface area contributed by atoms with Gasteiger partial charge in [-0.25, -0.2) is 4.79 Å². The Morgan fingerprint density at radius 1 is 1.00 bits per heavy atom. The van der Waals surface area contributed by atoms with E-state index in [1.54, 1.807) is 6.08 Å². The van der Waals surface area contributed by atoms with Gasteiger partial charge in [0.05, 0.1) is 13.0 Å². The lowest BCUT2D eigenvalue weighted by atomic mass is 9.86. The number of amides is 1. The van der Waals surface area contributed by atoms with Gasteiger partial charge in [0.1, 0.15) is 17.9 Å². The van der Waals surface area contributed by atoms with E-state index in [0.717, 1.165) is 44.3 Å². The number of fused-ring (bicyclic) bond motifs is 1. The van der Waals surface area contributed by atoms with Gasteiger partial charge in [-0.3, -0.25) is 19.2 Å². The molecule has 9 nitrogen and oxygen atoms in total. The van der Waals surface area contributed by atoms with Crippen molar-refractivity contribution in [1.82, 2.24) is 10.2 Å². The smallest absolute Gasteiger partial charge is 0.329 e. The molecule has 2 fully saturated rings. The molecule has 3 rings (SSSR count). The average Bonchev–Trinajstić information content (AvgIpc) is 2.99. The summed E-state index contributed by atoms with van der Waals surface area (Å²) in [6.07, 6.45) is 10.4. The summed E-state index contributed by atoms with van der Waals surface area (Å²) in [6, 6.07) is -0.828. The lowest BCUT2D eigenvalue weighted by molar-refractivity contribution is -0.165. The normalized spacial score (nSPS) is 31.3. The summed E-state index contributed by atoms with van der Waals surface area (Å²) in [4.78, 5) is 66.3. The number of nitrogens with one attached hydrogen (secondary N) is 1. The Bertz CT molecular complexity index is 1000. The Morgan fingerprint density at radius 3 is 2.55 bits per heavy atom. The monoisotopic (exact) mass is 586 g/mol. The minimum absolute atomic E-state index is 0.0525. The number of ether oxygens (including phenoxy) is 2. The fraction of sp³-hybridized carbons (Fsp3) is 0.727. The molecule has 5 atom stereocenters. The zero-order chi connectivity index (χ0) is 30.5. The number of hydrogen-bond acceptors (Lipinski definition) is 8. The molecule has 1 amide bonds. The minimum Gasteiger partial charge on any atom is -0.465 e. The van der Waals surface area contributed by atoms with E-state index in [-0.39, 0.29) is 37.1 Å². The average molecular weight is 587 g/mol. The molecule has 2 saturated heterocycles. The molecule has 1 N–H and O–H groups in total. The molecule has 0 saturated carbocycles. The van der Waals surface area contributed by atoms with E-state index in [1.807, 2.05) is 19.9 Å². The first kappa shape index (κ1) is 33.7. The SMILES string of the molecule is C=CCC1/C=C(\C)CCOC(=O)CCC(=O)C(=O)N2CCCC[C@H]2C(=O)OC(CCC2CCCNC2)C(C)CCC1=O. The molecule has 0 aromatic rings. The standard InChI is InChI=1S/C33H50N2O7/c1-4-8-26-21-23(2)17-20-41-31(38)16-14-29(37)32(39)35-19-6-5-10-27(35)33(40)42-30(24(3)11-13-28(26)36)15-12-25-9-7-18-34-22-25/h4,21,24-27,30,34H,1,5-20,22H2,2-3H3/b23-21+/t24?,25?,26?,27-,30?/m0/s1. The number of carbonyl (C=O) groups is 5. The second-order valence-corrected chi connectivity index (χ2v) is 12.3. The summed E-state index contributed by atoms with van der Waals surface area (Å²) in [6.45, 7) is 10.2. The molecular weight excluding hydrogens is 536 g/mol. The molecule has 9 heteroatoms. The van der Waals surface area contributed by atoms with E-state index in [2.05, 4.69) is 11.9 Å². The molecule has 0 radical (unpaired) electrons. The van der Waals surface area contributed by atoms with Crippen LogP contribution in [0.3, 0.4) is 0 Å². The molecular formula is C33H50N2O7. The number of Topliss-reactive ketones (excluding diaryl/α,β-unsaturated/α-hetero) is 2. The van der Waals surface area contributed by atoms with Crippen LogP contribution in [-0.4, -0.2) is 72.7 Å². The second-order valence-electron chi connectivity index (χ2n) is 12.3. The molecule has 234 valence electrons. The number of hydrogen-bond donors (Lipinski definition) is 1. The van der Waals surface area contributed by atoms with Crippen molar-refractivity contribution in [2.24, 2.45) is 17.8 Å². The van der Waals surface area contributed by atoms with Crippen LogP contribution in [0.25, 0.3) is 0 Å². The van der Waals surface area contributed by atoms with Crippen molar-refractivity contribution in [1.29, 1.82) is 0 Å². The molecule has 0 aromatic carbocycles. The molecule has 0 bridgehead atoms. The van der Waals surface area contributed by atoms with Crippen LogP contribution in [0.2, 0.25) is 0 Å². The van der Waals surface area contributed by atoms with E-state index in [1.165, 1.54) is 4.90 Å². The summed E-state index contributed by atoms with van der Waals surface area (Å²) in [7, 11) is 0. The maximum atomic E-state index is 13.6. The molecule has 4 unspecified atom stereocenters. The zero-order valence-electron chi connectivity index (χ0n) is 25.6. The quantitative estimate of drug-likeness (QED) is 0.285. The van der Waals surface area contributed by atoms with E-state index < -0.39 is 35.8 Å². The van der Waals surface area contributed by atoms with Gasteiger partial charge in [-0.2, -0.15) is 0 Å². The molecule has 0 aliphatic carbocycles. The van der Waals surface area contributed by atoms with Crippen molar-refractivity contribution >= 4 is 29.4 Å². The largest absolute Gasteiger partial charge is 0.465 e. The third kappa shape index (κ3) is 10.5. The number of allylic oxidation sites excluding steroid dienone is 2. The Labute approximate surface area is 250 Å². The van der Waals surface area contributed by atoms with Crippen molar-refractivity contribution in [2.75, 3.05) is 26.2 Å². The first-order valence-corrected chi connectivity index (χ1v) is 15.9. The van der Waals surface area contributed by atoms with Crippen molar-refractivity contribution < 1.29 is 33.4 Å². The molecule has 42 heavy (non-hydrogen) atoms. The van der Waals surface area contributed by atoms with Gasteiger partial charge in [-0.15, -0.1) is 6.58 Å². The number of ketones is 2. The maximum Gasteiger partial charge on any atom is 0.329 e. The van der Waals surface area contributed by atoms with Gasteiger partial charge in [0, 0.05) is 31.7 Å². The highest BCUT2D eigenvalue weighted by Crippen LogP contribution is 2.28. The molecule has 0 aromatic heterocycles. The third-order valence-corrected chi connectivity index (χ3v) is 8.92. The van der Waals surface area contributed by atoms with E-state index >= 15 is 0 Å². The van der Waals surface area contributed by atoms with Crippen LogP contribution in [0.5, 0.6) is 0 Å². The van der Waals surface area contributed by atoms with E-state index in [9.17, 15) is 24.0 Å². The first-order chi connectivity index (χ1) is 20.2. The second kappa shape index (κ2) is 17.3. The first-order valence-electron chi connectivity index (χ1n) is 15.9. The minimum atomic E-state index is -0.828. The fourth-order valence-electron chi connectivity index (χ4n) is 6.20. The Balaban J connectivity index is 1.82. The molecule has 0 spiro atoms. The van der Waals surface area contributed by atoms with Gasteiger partial charge in [0.2, 0.25) is 5.78 Å². The van der Waals surface area contributed by atoms with E-state index in [4.69, 9.17) is 9.47 Å². The number of cyclic esters (lactones) is 2. The summed E-state index contributed by atoms with van der Waals surface area (Å²) in [5, 5.41) is 3.44. The predicted octanol–water partition coefficient (Wildman–Crippen LogP) is 4.48. The lowest BCUT2D eigenvalue weighted by Crippen LogP contribution is -2.51. The highest BCUT2D eigenvalue weighted by molar-refractivity contribution is 6.36. The summed E-state index contributed by atoms with van der Waals surface area (Å²) >= 11 is 0. The summed E-state index contributed by atoms with van der Waals surface area (Å²) < 4.78 is 11.4. The number of esters is 2. The highest BCUT2D eigenvalue weighted by Gasteiger charge is 2.38. The van der Waals surface area contributed by atoms with Gasteiger partial charge >= 0.3 is 11.9 Å².